The highest BCUT2D eigenvalue weighted by molar-refractivity contribution is 5.78. The predicted octanol–water partition coefficient (Wildman–Crippen LogP) is 3.66. The summed E-state index contributed by atoms with van der Waals surface area (Å²) in [6.07, 6.45) is 1.76. The van der Waals surface area contributed by atoms with E-state index in [2.05, 4.69) is 0 Å². The van der Waals surface area contributed by atoms with Crippen molar-refractivity contribution < 1.29 is 23.0 Å². The fraction of sp³-hybridized carbons (Fsp3) is 0.350. The third kappa shape index (κ3) is 5.18. The molecule has 6 heteroatoms. The molecular weight excluding hydrogens is 340 g/mol. The van der Waals surface area contributed by atoms with E-state index in [0.717, 1.165) is 12.8 Å². The van der Waals surface area contributed by atoms with Crippen LogP contribution in [0.25, 0.3) is 0 Å². The maximum absolute atomic E-state index is 12.8. The molecule has 2 aromatic carbocycles. The van der Waals surface area contributed by atoms with Gasteiger partial charge in [-0.1, -0.05) is 0 Å². The van der Waals surface area contributed by atoms with Gasteiger partial charge < -0.3 is 14.4 Å². The standard InChI is InChI=1S/C20H21F2NO3/c21-16-1-5-18(6-2-16)25-12-10-15-9-11-23(13-15)20(24)14-26-19-7-3-17(22)4-8-19/h1-8,15H,9-14H2. The van der Waals surface area contributed by atoms with Crippen molar-refractivity contribution in [1.29, 1.82) is 0 Å². The van der Waals surface area contributed by atoms with Crippen LogP contribution in [0.15, 0.2) is 48.5 Å². The molecule has 0 spiro atoms. The highest BCUT2D eigenvalue weighted by Crippen LogP contribution is 2.21. The molecule has 0 N–H and O–H groups in total. The largest absolute Gasteiger partial charge is 0.494 e. The summed E-state index contributed by atoms with van der Waals surface area (Å²) in [5.74, 6) is 0.800. The van der Waals surface area contributed by atoms with Gasteiger partial charge in [0, 0.05) is 13.1 Å². The van der Waals surface area contributed by atoms with Crippen LogP contribution in [0.2, 0.25) is 0 Å². The molecule has 1 aliphatic rings. The van der Waals surface area contributed by atoms with Crippen LogP contribution >= 0.6 is 0 Å². The molecule has 1 fully saturated rings. The van der Waals surface area contributed by atoms with Gasteiger partial charge in [0.2, 0.25) is 0 Å². The van der Waals surface area contributed by atoms with Crippen LogP contribution in [0.3, 0.4) is 0 Å². The number of halogens is 2. The van der Waals surface area contributed by atoms with Crippen molar-refractivity contribution >= 4 is 5.91 Å². The Morgan fingerprint density at radius 2 is 1.54 bits per heavy atom. The van der Waals surface area contributed by atoms with Crippen molar-refractivity contribution in [2.24, 2.45) is 5.92 Å². The fourth-order valence-electron chi connectivity index (χ4n) is 2.94. The predicted molar refractivity (Wildman–Crippen MR) is 93.1 cm³/mol. The third-order valence-electron chi connectivity index (χ3n) is 4.42. The minimum absolute atomic E-state index is 0.0512. The molecule has 1 atom stereocenters. The quantitative estimate of drug-likeness (QED) is 0.755. The van der Waals surface area contributed by atoms with Crippen LogP contribution in [0, 0.1) is 17.6 Å². The van der Waals surface area contributed by atoms with Gasteiger partial charge in [-0.15, -0.1) is 0 Å². The number of ether oxygens (including phenoxy) is 2. The van der Waals surface area contributed by atoms with Crippen molar-refractivity contribution in [3.05, 3.63) is 60.2 Å². The lowest BCUT2D eigenvalue weighted by molar-refractivity contribution is -0.132. The average molecular weight is 361 g/mol. The number of hydrogen-bond acceptors (Lipinski definition) is 3. The molecule has 1 saturated heterocycles. The molecule has 0 saturated carbocycles. The van der Waals surface area contributed by atoms with E-state index < -0.39 is 0 Å². The Hall–Kier alpha value is -2.63. The monoisotopic (exact) mass is 361 g/mol. The first-order chi connectivity index (χ1) is 12.6. The van der Waals surface area contributed by atoms with Gasteiger partial charge in [-0.25, -0.2) is 8.78 Å². The van der Waals surface area contributed by atoms with Crippen LogP contribution in [0.4, 0.5) is 8.78 Å². The van der Waals surface area contributed by atoms with Crippen molar-refractivity contribution in [1.82, 2.24) is 4.90 Å². The highest BCUT2D eigenvalue weighted by Gasteiger charge is 2.26. The van der Waals surface area contributed by atoms with Gasteiger partial charge in [0.1, 0.15) is 23.1 Å². The first-order valence-corrected chi connectivity index (χ1v) is 8.64. The van der Waals surface area contributed by atoms with Crippen LogP contribution in [-0.2, 0) is 4.79 Å². The minimum atomic E-state index is -0.339. The number of likely N-dealkylation sites (tertiary alicyclic amines) is 1. The summed E-state index contributed by atoms with van der Waals surface area (Å²) in [6, 6.07) is 11.5. The van der Waals surface area contributed by atoms with Gasteiger partial charge in [-0.05, 0) is 67.3 Å². The summed E-state index contributed by atoms with van der Waals surface area (Å²) in [7, 11) is 0. The van der Waals surface area contributed by atoms with Crippen molar-refractivity contribution in [2.75, 3.05) is 26.3 Å². The van der Waals surface area contributed by atoms with Crippen LogP contribution in [0.1, 0.15) is 12.8 Å². The average Bonchev–Trinajstić information content (AvgIpc) is 3.12. The lowest BCUT2D eigenvalue weighted by Crippen LogP contribution is -2.33. The summed E-state index contributed by atoms with van der Waals surface area (Å²) in [5, 5.41) is 0. The van der Waals surface area contributed by atoms with Crippen LogP contribution in [-0.4, -0.2) is 37.1 Å². The molecule has 2 aromatic rings. The molecule has 1 unspecified atom stereocenters. The molecule has 1 amide bonds. The zero-order valence-corrected chi connectivity index (χ0v) is 14.4. The summed E-state index contributed by atoms with van der Waals surface area (Å²) in [5.41, 5.74) is 0. The molecule has 0 bridgehead atoms. The Balaban J connectivity index is 1.36. The lowest BCUT2D eigenvalue weighted by atomic mass is 10.1. The zero-order valence-electron chi connectivity index (χ0n) is 14.4. The van der Waals surface area contributed by atoms with Gasteiger partial charge in [0.15, 0.2) is 6.61 Å². The summed E-state index contributed by atoms with van der Waals surface area (Å²) >= 11 is 0. The summed E-state index contributed by atoms with van der Waals surface area (Å²) < 4.78 is 36.7. The van der Waals surface area contributed by atoms with Crippen molar-refractivity contribution in [3.63, 3.8) is 0 Å². The smallest absolute Gasteiger partial charge is 0.260 e. The molecule has 1 heterocycles. The van der Waals surface area contributed by atoms with Gasteiger partial charge >= 0.3 is 0 Å². The molecule has 1 aliphatic heterocycles. The Morgan fingerprint density at radius 3 is 2.15 bits per heavy atom. The topological polar surface area (TPSA) is 38.8 Å². The zero-order chi connectivity index (χ0) is 18.4. The first kappa shape index (κ1) is 18.2. The number of carbonyl (C=O) groups is 1. The second kappa shape index (κ2) is 8.65. The third-order valence-corrected chi connectivity index (χ3v) is 4.42. The normalized spacial score (nSPS) is 16.5. The number of nitrogens with zero attached hydrogens (tertiary/aromatic N) is 1. The summed E-state index contributed by atoms with van der Waals surface area (Å²) in [4.78, 5) is 14.0. The number of amides is 1. The molecular formula is C20H21F2NO3. The summed E-state index contributed by atoms with van der Waals surface area (Å²) in [6.45, 7) is 1.86. The Bertz CT molecular complexity index is 719. The highest BCUT2D eigenvalue weighted by atomic mass is 19.1. The molecule has 138 valence electrons. The second-order valence-corrected chi connectivity index (χ2v) is 6.33. The minimum Gasteiger partial charge on any atom is -0.494 e. The van der Waals surface area contributed by atoms with Gasteiger partial charge in [0.25, 0.3) is 5.91 Å². The van der Waals surface area contributed by atoms with E-state index in [1.165, 1.54) is 36.4 Å². The van der Waals surface area contributed by atoms with E-state index in [1.807, 2.05) is 0 Å². The van der Waals surface area contributed by atoms with Gasteiger partial charge in [0.05, 0.1) is 6.61 Å². The molecule has 4 nitrogen and oxygen atoms in total. The molecule has 26 heavy (non-hydrogen) atoms. The maximum atomic E-state index is 12.8. The molecule has 3 rings (SSSR count). The van der Waals surface area contributed by atoms with E-state index in [-0.39, 0.29) is 24.1 Å². The van der Waals surface area contributed by atoms with E-state index in [1.54, 1.807) is 17.0 Å². The SMILES string of the molecule is O=C(COc1ccc(F)cc1)N1CCC(CCOc2ccc(F)cc2)C1. The Labute approximate surface area is 151 Å². The number of rotatable bonds is 7. The number of benzene rings is 2. The number of carbonyl (C=O) groups excluding carboxylic acids is 1. The Kier molecular flexibility index (Phi) is 6.04. The Morgan fingerprint density at radius 1 is 0.962 bits per heavy atom. The van der Waals surface area contributed by atoms with Crippen molar-refractivity contribution in [2.45, 2.75) is 12.8 Å². The first-order valence-electron chi connectivity index (χ1n) is 8.64. The van der Waals surface area contributed by atoms with E-state index >= 15 is 0 Å². The fourth-order valence-corrected chi connectivity index (χ4v) is 2.94. The van der Waals surface area contributed by atoms with E-state index in [4.69, 9.17) is 9.47 Å². The molecule has 0 aromatic heterocycles. The van der Waals surface area contributed by atoms with Gasteiger partial charge in [-0.2, -0.15) is 0 Å². The number of hydrogen-bond donors (Lipinski definition) is 0. The molecule has 0 aliphatic carbocycles. The van der Waals surface area contributed by atoms with Crippen LogP contribution in [0.5, 0.6) is 11.5 Å². The van der Waals surface area contributed by atoms with Gasteiger partial charge in [-0.3, -0.25) is 4.79 Å². The second-order valence-electron chi connectivity index (χ2n) is 6.33. The van der Waals surface area contributed by atoms with E-state index in [9.17, 15) is 13.6 Å². The molecule has 0 radical (unpaired) electrons. The van der Waals surface area contributed by atoms with E-state index in [0.29, 0.717) is 37.1 Å². The lowest BCUT2D eigenvalue weighted by Gasteiger charge is -2.17. The van der Waals surface area contributed by atoms with Crippen LogP contribution < -0.4 is 9.47 Å². The maximum Gasteiger partial charge on any atom is 0.260 e. The van der Waals surface area contributed by atoms with Crippen molar-refractivity contribution in [3.8, 4) is 11.5 Å².